The van der Waals surface area contributed by atoms with E-state index in [1.54, 1.807) is 55.4 Å². The molecule has 0 atom stereocenters. The Morgan fingerprint density at radius 3 is 1.92 bits per heavy atom. The molecule has 5 rings (SSSR count). The van der Waals surface area contributed by atoms with E-state index < -0.39 is 5.92 Å². The minimum atomic E-state index is -0.661. The maximum absolute atomic E-state index is 10.4. The predicted octanol–water partition coefficient (Wildman–Crippen LogP) is 5.73. The van der Waals surface area contributed by atoms with Gasteiger partial charge < -0.3 is 24.8 Å². The number of nitrogens with zero attached hydrogens (tertiary/aromatic N) is 4. The molecule has 0 aliphatic carbocycles. The second-order valence-corrected chi connectivity index (χ2v) is 9.24. The van der Waals surface area contributed by atoms with Crippen LogP contribution in [-0.4, -0.2) is 51.6 Å². The summed E-state index contributed by atoms with van der Waals surface area (Å²) in [4.78, 5) is 25.2. The Bertz CT molecular complexity index is 1450. The number of rotatable bonds is 6. The summed E-state index contributed by atoms with van der Waals surface area (Å²) in [5.74, 6) is 1.46. The molecule has 0 amide bonds. The number of fused-ring (bicyclic) bond motifs is 1. The molecule has 0 aliphatic rings. The van der Waals surface area contributed by atoms with Crippen LogP contribution >= 0.6 is 31.9 Å². The van der Waals surface area contributed by atoms with Gasteiger partial charge in [-0.2, -0.15) is 10.2 Å². The molecule has 3 heterocycles. The second-order valence-electron chi connectivity index (χ2n) is 7.53. The van der Waals surface area contributed by atoms with E-state index >= 15 is 0 Å². The Morgan fingerprint density at radius 2 is 1.46 bits per heavy atom. The Morgan fingerprint density at radius 1 is 0.872 bits per heavy atom. The lowest BCUT2D eigenvalue weighted by Crippen LogP contribution is -2.00. The molecule has 12 heteroatoms. The zero-order valence-electron chi connectivity index (χ0n) is 20.4. The van der Waals surface area contributed by atoms with E-state index in [0.717, 1.165) is 31.5 Å². The monoisotopic (exact) mass is 658 g/mol. The van der Waals surface area contributed by atoms with Crippen molar-refractivity contribution in [2.75, 3.05) is 20.0 Å². The Balaban J connectivity index is 0.000000223. The number of aromatic nitrogens is 5. The zero-order valence-corrected chi connectivity index (χ0v) is 23.6. The smallest absolute Gasteiger partial charge is 0.169 e. The molecule has 0 unspecified atom stereocenters. The molecule has 0 saturated heterocycles. The number of carbonyl (C=O) groups is 2. The molecular formula is C27H28Br2N6O4. The van der Waals surface area contributed by atoms with Crippen LogP contribution in [0.3, 0.4) is 0 Å². The van der Waals surface area contributed by atoms with E-state index in [4.69, 9.17) is 15.2 Å². The molecule has 0 spiro atoms. The van der Waals surface area contributed by atoms with Gasteiger partial charge >= 0.3 is 0 Å². The summed E-state index contributed by atoms with van der Waals surface area (Å²) in [7, 11) is 3.22. The number of anilines is 1. The van der Waals surface area contributed by atoms with Crippen molar-refractivity contribution >= 4 is 55.9 Å². The molecule has 0 bridgehead atoms. The van der Waals surface area contributed by atoms with Gasteiger partial charge in [0.15, 0.2) is 5.65 Å². The van der Waals surface area contributed by atoms with Crippen molar-refractivity contribution in [1.82, 2.24) is 24.8 Å². The molecular weight excluding hydrogens is 632 g/mol. The van der Waals surface area contributed by atoms with Gasteiger partial charge in [0.25, 0.3) is 0 Å². The van der Waals surface area contributed by atoms with Gasteiger partial charge in [0.1, 0.15) is 29.9 Å². The number of hydrogen-bond acceptors (Lipinski definition) is 8. The van der Waals surface area contributed by atoms with Gasteiger partial charge in [-0.15, -0.1) is 0 Å². The summed E-state index contributed by atoms with van der Waals surface area (Å²) in [6, 6.07) is 14.7. The van der Waals surface area contributed by atoms with Crippen LogP contribution in [0.15, 0.2) is 82.3 Å². The van der Waals surface area contributed by atoms with Crippen LogP contribution in [0, 0.1) is 0 Å². The third-order valence-corrected chi connectivity index (χ3v) is 6.34. The average Bonchev–Trinajstić information content (AvgIpc) is 3.53. The van der Waals surface area contributed by atoms with Gasteiger partial charge in [-0.3, -0.25) is 5.10 Å². The minimum absolute atomic E-state index is 0. The molecule has 10 nitrogen and oxygen atoms in total. The summed E-state index contributed by atoms with van der Waals surface area (Å²) in [5.41, 5.74) is 8.87. The van der Waals surface area contributed by atoms with Crippen molar-refractivity contribution in [3.8, 4) is 22.6 Å². The lowest BCUT2D eigenvalue weighted by Gasteiger charge is -2.04. The summed E-state index contributed by atoms with van der Waals surface area (Å²) in [6.07, 6.45) is 8.37. The number of H-pyrrole nitrogens is 1. The topological polar surface area (TPSA) is 137 Å². The molecule has 0 saturated carbocycles. The van der Waals surface area contributed by atoms with Crippen LogP contribution in [0.2, 0.25) is 0 Å². The number of aldehydes is 2. The Hall–Kier alpha value is -4.03. The van der Waals surface area contributed by atoms with Crippen LogP contribution in [0.4, 0.5) is 5.82 Å². The first kappa shape index (κ1) is 31.2. The third kappa shape index (κ3) is 8.48. The zero-order chi connectivity index (χ0) is 27.5. The summed E-state index contributed by atoms with van der Waals surface area (Å²) in [5, 5.41) is 10.4. The third-order valence-electron chi connectivity index (χ3n) is 5.15. The number of nitrogens with one attached hydrogen (secondary N) is 1. The number of halogens is 2. The van der Waals surface area contributed by atoms with Crippen molar-refractivity contribution < 1.29 is 19.1 Å². The van der Waals surface area contributed by atoms with Gasteiger partial charge in [0.05, 0.1) is 41.5 Å². The van der Waals surface area contributed by atoms with Gasteiger partial charge in [0.2, 0.25) is 0 Å². The highest BCUT2D eigenvalue weighted by Crippen LogP contribution is 2.23. The second kappa shape index (κ2) is 15.4. The number of hydrogen-bond donors (Lipinski definition) is 2. The number of carbonyl (C=O) groups excluding carboxylic acids is 2. The van der Waals surface area contributed by atoms with Crippen molar-refractivity contribution in [2.45, 2.75) is 13.3 Å². The maximum Gasteiger partial charge on any atom is 0.169 e. The normalized spacial score (nSPS) is 9.87. The largest absolute Gasteiger partial charge is 0.497 e. The quantitative estimate of drug-likeness (QED) is 0.174. The first-order chi connectivity index (χ1) is 18.4. The average molecular weight is 660 g/mol. The molecule has 3 aromatic heterocycles. The number of nitrogens with two attached hydrogens (primary N) is 1. The number of ether oxygens (including phenoxy) is 2. The number of nitrogen functional groups attached to an aromatic ring is 1. The van der Waals surface area contributed by atoms with Gasteiger partial charge in [-0.25, -0.2) is 9.50 Å². The summed E-state index contributed by atoms with van der Waals surface area (Å²) >= 11 is 6.55. The van der Waals surface area contributed by atoms with E-state index in [-0.39, 0.29) is 7.43 Å². The van der Waals surface area contributed by atoms with E-state index in [1.807, 2.05) is 36.7 Å². The lowest BCUT2D eigenvalue weighted by atomic mass is 10.0. The maximum atomic E-state index is 10.4. The molecule has 0 aliphatic heterocycles. The molecule has 0 radical (unpaired) electrons. The summed E-state index contributed by atoms with van der Waals surface area (Å²) in [6.45, 7) is 0. The van der Waals surface area contributed by atoms with Crippen LogP contribution < -0.4 is 15.2 Å². The van der Waals surface area contributed by atoms with E-state index in [1.165, 1.54) is 0 Å². The van der Waals surface area contributed by atoms with Crippen molar-refractivity contribution in [3.63, 3.8) is 0 Å². The molecule has 39 heavy (non-hydrogen) atoms. The fourth-order valence-corrected chi connectivity index (χ4v) is 3.64. The molecule has 0 fully saturated rings. The molecule has 5 aromatic rings. The molecule has 204 valence electrons. The van der Waals surface area contributed by atoms with Crippen LogP contribution in [0.25, 0.3) is 16.8 Å². The van der Waals surface area contributed by atoms with Crippen LogP contribution in [0.5, 0.6) is 11.5 Å². The van der Waals surface area contributed by atoms with Crippen LogP contribution in [-0.2, 0) is 9.59 Å². The lowest BCUT2D eigenvalue weighted by molar-refractivity contribution is -0.116. The molecule has 3 N–H and O–H groups in total. The highest BCUT2D eigenvalue weighted by atomic mass is 79.9. The minimum Gasteiger partial charge on any atom is -0.497 e. The Kier molecular flexibility index (Phi) is 12.3. The Labute approximate surface area is 242 Å². The number of aromatic amines is 1. The van der Waals surface area contributed by atoms with E-state index in [2.05, 4.69) is 52.1 Å². The van der Waals surface area contributed by atoms with Crippen molar-refractivity contribution in [1.29, 1.82) is 0 Å². The van der Waals surface area contributed by atoms with Crippen LogP contribution in [0.1, 0.15) is 18.9 Å². The van der Waals surface area contributed by atoms with Gasteiger partial charge in [0, 0.05) is 18.0 Å². The highest BCUT2D eigenvalue weighted by molar-refractivity contribution is 9.11. The SMILES string of the molecule is C.COc1ccc(-c2cnc3c(Br)cnn3c2)cc1.COc1ccc(C(C=O)C=O)cc1.Nc1[nH]ncc1Br. The fraction of sp³-hybridized carbons (Fsp3) is 0.148. The number of methoxy groups -OCH3 is 2. The van der Waals surface area contributed by atoms with Crippen molar-refractivity contribution in [3.05, 3.63) is 87.8 Å². The fourth-order valence-electron chi connectivity index (χ4n) is 3.08. The summed E-state index contributed by atoms with van der Waals surface area (Å²) < 4.78 is 13.5. The standard InChI is InChI=1S/C13H10BrN3O.C10H10O3.C3H4BrN3.CH4/c1-18-11-4-2-9(3-5-11)10-6-15-13-12(14)7-16-17(13)8-10;1-13-10-4-2-8(3-5-10)9(6-11)7-12;4-2-1-6-7-3(2)5;/h2-8H,1H3;2-7,9H,1H3;1H,(H3,5,6,7);1H4. The predicted molar refractivity (Wildman–Crippen MR) is 158 cm³/mol. The highest BCUT2D eigenvalue weighted by Gasteiger charge is 2.08. The first-order valence-electron chi connectivity index (χ1n) is 11.0. The van der Waals surface area contributed by atoms with E-state index in [9.17, 15) is 9.59 Å². The van der Waals surface area contributed by atoms with E-state index in [0.29, 0.717) is 29.7 Å². The van der Waals surface area contributed by atoms with Gasteiger partial charge in [-0.05, 0) is 67.3 Å². The molecule has 2 aromatic carbocycles. The van der Waals surface area contributed by atoms with Gasteiger partial charge in [-0.1, -0.05) is 31.7 Å². The number of benzene rings is 2. The first-order valence-corrected chi connectivity index (χ1v) is 12.6. The van der Waals surface area contributed by atoms with Crippen molar-refractivity contribution in [2.24, 2.45) is 0 Å².